The fraction of sp³-hybridized carbons (Fsp3) is 0.538. The van der Waals surface area contributed by atoms with Crippen molar-refractivity contribution < 1.29 is 33.5 Å². The zero-order valence-electron chi connectivity index (χ0n) is 21.1. The third kappa shape index (κ3) is 5.41. The van der Waals surface area contributed by atoms with Gasteiger partial charge in [0.05, 0.1) is 17.2 Å². The topological polar surface area (TPSA) is 133 Å². The van der Waals surface area contributed by atoms with Crippen LogP contribution >= 0.6 is 0 Å². The maximum atomic E-state index is 13.1. The number of esters is 1. The first-order valence-electron chi connectivity index (χ1n) is 12.7. The van der Waals surface area contributed by atoms with Crippen LogP contribution in [0.25, 0.3) is 0 Å². The number of hydrogen-bond donors (Lipinski definition) is 1. The number of imide groups is 2. The van der Waals surface area contributed by atoms with Gasteiger partial charge < -0.3 is 10.1 Å². The van der Waals surface area contributed by atoms with E-state index < -0.39 is 48.9 Å². The summed E-state index contributed by atoms with van der Waals surface area (Å²) in [5, 5.41) is 2.61. The van der Waals surface area contributed by atoms with Crippen LogP contribution in [0.4, 0.5) is 0 Å². The van der Waals surface area contributed by atoms with Gasteiger partial charge in [-0.15, -0.1) is 0 Å². The number of carbonyl (C=O) groups is 6. The van der Waals surface area contributed by atoms with Crippen molar-refractivity contribution in [3.63, 3.8) is 0 Å². The summed E-state index contributed by atoms with van der Waals surface area (Å²) in [7, 11) is 0. The molecule has 1 aromatic rings. The molecule has 0 bridgehead atoms. The highest BCUT2D eigenvalue weighted by Crippen LogP contribution is 2.29. The Hall–Kier alpha value is -3.60. The van der Waals surface area contributed by atoms with E-state index in [1.165, 1.54) is 12.1 Å². The van der Waals surface area contributed by atoms with Crippen molar-refractivity contribution in [3.8, 4) is 0 Å². The smallest absolute Gasteiger partial charge is 0.327 e. The molecule has 0 saturated carbocycles. The molecule has 0 radical (unpaired) electrons. The molecule has 0 aliphatic carbocycles. The zero-order chi connectivity index (χ0) is 26.7. The number of nitrogens with one attached hydrogen (secondary N) is 1. The fourth-order valence-electron chi connectivity index (χ4n) is 5.23. The minimum absolute atomic E-state index is 0.00324. The van der Waals surface area contributed by atoms with Crippen LogP contribution in [0.2, 0.25) is 0 Å². The van der Waals surface area contributed by atoms with Gasteiger partial charge in [-0.3, -0.25) is 38.6 Å². The molecule has 2 saturated heterocycles. The molecule has 1 unspecified atom stereocenters. The summed E-state index contributed by atoms with van der Waals surface area (Å²) in [5.74, 6) is -3.57. The lowest BCUT2D eigenvalue weighted by atomic mass is 9.98. The molecule has 5 amide bonds. The third-order valence-electron chi connectivity index (χ3n) is 7.07. The Morgan fingerprint density at radius 2 is 1.62 bits per heavy atom. The van der Waals surface area contributed by atoms with E-state index in [-0.39, 0.29) is 41.8 Å². The SMILES string of the molecule is CC(C)C(C(=O)NCC(=O)OCN1C(=O)CC[C@H](N2C(=O)c3ccccc3C2=O)C1=O)N1CCCCC1. The molecule has 2 atom stereocenters. The highest BCUT2D eigenvalue weighted by atomic mass is 16.5. The van der Waals surface area contributed by atoms with Crippen LogP contribution in [0.15, 0.2) is 24.3 Å². The van der Waals surface area contributed by atoms with Crippen molar-refractivity contribution in [3.05, 3.63) is 35.4 Å². The van der Waals surface area contributed by atoms with Gasteiger partial charge in [0, 0.05) is 6.42 Å². The predicted octanol–water partition coefficient (Wildman–Crippen LogP) is 0.928. The Labute approximate surface area is 215 Å². The lowest BCUT2D eigenvalue weighted by molar-refractivity contribution is -0.163. The van der Waals surface area contributed by atoms with E-state index in [0.29, 0.717) is 0 Å². The van der Waals surface area contributed by atoms with Crippen LogP contribution in [0, 0.1) is 5.92 Å². The first-order valence-corrected chi connectivity index (χ1v) is 12.7. The maximum absolute atomic E-state index is 13.1. The van der Waals surface area contributed by atoms with Crippen molar-refractivity contribution in [2.45, 2.75) is 58.0 Å². The molecule has 3 aliphatic heterocycles. The molecule has 3 aliphatic rings. The van der Waals surface area contributed by atoms with Gasteiger partial charge in [-0.2, -0.15) is 0 Å². The van der Waals surface area contributed by atoms with Gasteiger partial charge in [-0.25, -0.2) is 4.90 Å². The second-order valence-electron chi connectivity index (χ2n) is 9.89. The van der Waals surface area contributed by atoms with E-state index in [4.69, 9.17) is 4.74 Å². The lowest BCUT2D eigenvalue weighted by Gasteiger charge is -2.35. The largest absolute Gasteiger partial charge is 0.442 e. The molecule has 1 N–H and O–H groups in total. The number of rotatable bonds is 8. The second-order valence-corrected chi connectivity index (χ2v) is 9.89. The average molecular weight is 513 g/mol. The first-order chi connectivity index (χ1) is 17.7. The molecule has 3 heterocycles. The van der Waals surface area contributed by atoms with E-state index in [1.807, 2.05) is 13.8 Å². The maximum Gasteiger partial charge on any atom is 0.327 e. The Bertz CT molecular complexity index is 1080. The van der Waals surface area contributed by atoms with E-state index >= 15 is 0 Å². The van der Waals surface area contributed by atoms with E-state index in [2.05, 4.69) is 10.2 Å². The predicted molar refractivity (Wildman–Crippen MR) is 130 cm³/mol. The Balaban J connectivity index is 1.33. The number of hydrogen-bond acceptors (Lipinski definition) is 8. The van der Waals surface area contributed by atoms with Gasteiger partial charge in [0.25, 0.3) is 17.7 Å². The fourth-order valence-corrected chi connectivity index (χ4v) is 5.23. The van der Waals surface area contributed by atoms with Crippen molar-refractivity contribution >= 4 is 35.5 Å². The molecule has 0 spiro atoms. The van der Waals surface area contributed by atoms with Crippen molar-refractivity contribution in [2.75, 3.05) is 26.4 Å². The van der Waals surface area contributed by atoms with Crippen LogP contribution < -0.4 is 5.32 Å². The van der Waals surface area contributed by atoms with Crippen LogP contribution in [0.5, 0.6) is 0 Å². The van der Waals surface area contributed by atoms with E-state index in [9.17, 15) is 28.8 Å². The van der Waals surface area contributed by atoms with Gasteiger partial charge in [0.15, 0.2) is 6.73 Å². The van der Waals surface area contributed by atoms with Gasteiger partial charge in [-0.1, -0.05) is 32.4 Å². The number of piperidine rings is 2. The number of fused-ring (bicyclic) bond motifs is 1. The molecular weight excluding hydrogens is 480 g/mol. The Kier molecular flexibility index (Phi) is 8.01. The summed E-state index contributed by atoms with van der Waals surface area (Å²) >= 11 is 0. The van der Waals surface area contributed by atoms with E-state index in [0.717, 1.165) is 42.2 Å². The number of likely N-dealkylation sites (tertiary alicyclic amines) is 2. The van der Waals surface area contributed by atoms with Gasteiger partial charge in [0.2, 0.25) is 11.8 Å². The van der Waals surface area contributed by atoms with Crippen molar-refractivity contribution in [1.82, 2.24) is 20.0 Å². The van der Waals surface area contributed by atoms with Gasteiger partial charge in [-0.05, 0) is 50.4 Å². The standard InChI is InChI=1S/C26H32N4O7/c1-16(2)22(28-12-6-3-7-13-28)23(33)27-14-21(32)37-15-29-20(31)11-10-19(26(29)36)30-24(34)17-8-4-5-9-18(17)25(30)35/h4-5,8-9,16,19,22H,3,6-7,10-15H2,1-2H3,(H,27,33)/t19-,22?/m0/s1. The summed E-state index contributed by atoms with van der Waals surface area (Å²) in [6.45, 7) is 4.49. The molecule has 4 rings (SSSR count). The molecule has 11 nitrogen and oxygen atoms in total. The van der Waals surface area contributed by atoms with Crippen LogP contribution in [-0.2, 0) is 23.9 Å². The summed E-state index contributed by atoms with van der Waals surface area (Å²) in [4.78, 5) is 80.0. The molecular formula is C26H32N4O7. The molecule has 2 fully saturated rings. The third-order valence-corrected chi connectivity index (χ3v) is 7.07. The monoisotopic (exact) mass is 512 g/mol. The number of benzene rings is 1. The van der Waals surface area contributed by atoms with Crippen molar-refractivity contribution in [1.29, 1.82) is 0 Å². The van der Waals surface area contributed by atoms with Crippen LogP contribution in [0.3, 0.4) is 0 Å². The lowest BCUT2D eigenvalue weighted by Crippen LogP contribution is -2.56. The summed E-state index contributed by atoms with van der Waals surface area (Å²) < 4.78 is 5.11. The number of carbonyl (C=O) groups excluding carboxylic acids is 6. The number of amides is 5. The minimum Gasteiger partial charge on any atom is -0.442 e. The molecule has 198 valence electrons. The quantitative estimate of drug-likeness (QED) is 0.402. The number of ether oxygens (including phenoxy) is 1. The molecule has 11 heteroatoms. The minimum atomic E-state index is -1.17. The second kappa shape index (κ2) is 11.2. The normalized spacial score (nSPS) is 21.3. The number of nitrogens with zero attached hydrogens (tertiary/aromatic N) is 3. The summed E-state index contributed by atoms with van der Waals surface area (Å²) in [6.07, 6.45) is 3.09. The average Bonchev–Trinajstić information content (AvgIpc) is 3.13. The van der Waals surface area contributed by atoms with Crippen LogP contribution in [0.1, 0.15) is 66.7 Å². The van der Waals surface area contributed by atoms with E-state index in [1.54, 1.807) is 12.1 Å². The Morgan fingerprint density at radius 3 is 2.22 bits per heavy atom. The summed E-state index contributed by atoms with van der Waals surface area (Å²) in [6, 6.07) is 4.74. The highest BCUT2D eigenvalue weighted by molar-refractivity contribution is 6.23. The zero-order valence-corrected chi connectivity index (χ0v) is 21.1. The van der Waals surface area contributed by atoms with Gasteiger partial charge >= 0.3 is 5.97 Å². The first kappa shape index (κ1) is 26.5. The van der Waals surface area contributed by atoms with Crippen LogP contribution in [-0.4, -0.2) is 88.7 Å². The molecule has 0 aromatic heterocycles. The highest BCUT2D eigenvalue weighted by Gasteiger charge is 2.47. The van der Waals surface area contributed by atoms with Crippen molar-refractivity contribution in [2.24, 2.45) is 5.92 Å². The molecule has 37 heavy (non-hydrogen) atoms. The molecule has 1 aromatic carbocycles. The summed E-state index contributed by atoms with van der Waals surface area (Å²) in [5.41, 5.74) is 0.408. The Morgan fingerprint density at radius 1 is 1.00 bits per heavy atom. The van der Waals surface area contributed by atoms with Gasteiger partial charge in [0.1, 0.15) is 12.6 Å².